The van der Waals surface area contributed by atoms with E-state index < -0.39 is 17.4 Å². The Bertz CT molecular complexity index is 897. The van der Waals surface area contributed by atoms with Crippen molar-refractivity contribution < 1.29 is 14.0 Å². The number of amides is 2. The van der Waals surface area contributed by atoms with Crippen LogP contribution in [-0.4, -0.2) is 28.3 Å². The Morgan fingerprint density at radius 2 is 1.76 bits per heavy atom. The molecule has 156 valence electrons. The first kappa shape index (κ1) is 23.2. The first-order chi connectivity index (χ1) is 13.5. The molecule has 7 heteroatoms. The van der Waals surface area contributed by atoms with Gasteiger partial charge in [-0.15, -0.1) is 0 Å². The topological polar surface area (TPSA) is 49.4 Å². The van der Waals surface area contributed by atoms with Gasteiger partial charge in [0.1, 0.15) is 11.9 Å². The Kier molecular flexibility index (Phi) is 7.66. The molecule has 0 saturated heterocycles. The molecule has 0 aliphatic heterocycles. The SMILES string of the molecule is CC(C(=O)NC(C)(C)C)N(Cc1ccccc1F)C(=O)Cc1ccc(Cl)c(Cl)c1. The Morgan fingerprint density at radius 3 is 2.34 bits per heavy atom. The van der Waals surface area contributed by atoms with Crippen molar-refractivity contribution in [1.82, 2.24) is 10.2 Å². The van der Waals surface area contributed by atoms with E-state index in [0.29, 0.717) is 21.2 Å². The van der Waals surface area contributed by atoms with Crippen LogP contribution in [0.3, 0.4) is 0 Å². The normalized spacial score (nSPS) is 12.4. The van der Waals surface area contributed by atoms with Crippen molar-refractivity contribution in [2.24, 2.45) is 0 Å². The number of halogens is 3. The average molecular weight is 439 g/mol. The van der Waals surface area contributed by atoms with Crippen LogP contribution >= 0.6 is 23.2 Å². The van der Waals surface area contributed by atoms with Gasteiger partial charge in [0.25, 0.3) is 0 Å². The summed E-state index contributed by atoms with van der Waals surface area (Å²) in [6, 6.07) is 10.3. The molecule has 0 aliphatic rings. The summed E-state index contributed by atoms with van der Waals surface area (Å²) in [7, 11) is 0. The maximum absolute atomic E-state index is 14.2. The Hall–Kier alpha value is -2.11. The zero-order valence-electron chi connectivity index (χ0n) is 16.9. The fourth-order valence-corrected chi connectivity index (χ4v) is 3.11. The first-order valence-electron chi connectivity index (χ1n) is 9.27. The molecule has 2 aromatic rings. The highest BCUT2D eigenvalue weighted by Gasteiger charge is 2.29. The Morgan fingerprint density at radius 1 is 1.10 bits per heavy atom. The lowest BCUT2D eigenvalue weighted by atomic mass is 10.1. The quantitative estimate of drug-likeness (QED) is 0.688. The molecule has 29 heavy (non-hydrogen) atoms. The molecule has 0 heterocycles. The minimum Gasteiger partial charge on any atom is -0.350 e. The summed E-state index contributed by atoms with van der Waals surface area (Å²) in [5.74, 6) is -1.05. The van der Waals surface area contributed by atoms with Gasteiger partial charge in [-0.3, -0.25) is 9.59 Å². The van der Waals surface area contributed by atoms with Crippen LogP contribution in [-0.2, 0) is 22.6 Å². The number of carbonyl (C=O) groups is 2. The number of hydrogen-bond donors (Lipinski definition) is 1. The number of nitrogens with one attached hydrogen (secondary N) is 1. The molecule has 0 spiro atoms. The molecule has 2 aromatic carbocycles. The molecule has 0 aromatic heterocycles. The highest BCUT2D eigenvalue weighted by molar-refractivity contribution is 6.42. The monoisotopic (exact) mass is 438 g/mol. The second kappa shape index (κ2) is 9.59. The molecule has 1 N–H and O–H groups in total. The van der Waals surface area contributed by atoms with E-state index in [0.717, 1.165) is 0 Å². The predicted octanol–water partition coefficient (Wildman–Crippen LogP) is 5.01. The van der Waals surface area contributed by atoms with E-state index in [1.807, 2.05) is 20.8 Å². The summed E-state index contributed by atoms with van der Waals surface area (Å²) in [5.41, 5.74) is 0.540. The fourth-order valence-electron chi connectivity index (χ4n) is 2.79. The van der Waals surface area contributed by atoms with E-state index in [2.05, 4.69) is 5.32 Å². The summed E-state index contributed by atoms with van der Waals surface area (Å²) in [6.07, 6.45) is 0.0124. The minimum atomic E-state index is -0.788. The van der Waals surface area contributed by atoms with Crippen LogP contribution < -0.4 is 5.32 Å². The van der Waals surface area contributed by atoms with Crippen LogP contribution in [0.4, 0.5) is 4.39 Å². The summed E-state index contributed by atoms with van der Waals surface area (Å²) in [5, 5.41) is 3.61. The standard InChI is InChI=1S/C22H25Cl2FN2O2/c1-14(21(29)26-22(2,3)4)27(13-16-7-5-6-8-19(16)25)20(28)12-15-9-10-17(23)18(24)11-15/h5-11,14H,12-13H2,1-4H3,(H,26,29). The van der Waals surface area contributed by atoms with Gasteiger partial charge in [0.05, 0.1) is 16.5 Å². The van der Waals surface area contributed by atoms with Crippen LogP contribution in [0, 0.1) is 5.82 Å². The first-order valence-corrected chi connectivity index (χ1v) is 10.0. The van der Waals surface area contributed by atoms with E-state index in [-0.39, 0.29) is 24.8 Å². The number of carbonyl (C=O) groups excluding carboxylic acids is 2. The summed E-state index contributed by atoms with van der Waals surface area (Å²) < 4.78 is 14.2. The number of nitrogens with zero attached hydrogens (tertiary/aromatic N) is 1. The maximum Gasteiger partial charge on any atom is 0.242 e. The highest BCUT2D eigenvalue weighted by atomic mass is 35.5. The third kappa shape index (κ3) is 6.72. The minimum absolute atomic E-state index is 0.0124. The van der Waals surface area contributed by atoms with E-state index in [1.165, 1.54) is 11.0 Å². The summed E-state index contributed by atoms with van der Waals surface area (Å²) in [6.45, 7) is 7.18. The van der Waals surface area contributed by atoms with E-state index in [9.17, 15) is 14.0 Å². The van der Waals surface area contributed by atoms with Crippen molar-refractivity contribution in [3.05, 3.63) is 69.5 Å². The van der Waals surface area contributed by atoms with E-state index >= 15 is 0 Å². The van der Waals surface area contributed by atoms with Crippen molar-refractivity contribution in [2.75, 3.05) is 0 Å². The number of rotatable bonds is 6. The molecule has 0 saturated carbocycles. The number of hydrogen-bond acceptors (Lipinski definition) is 2. The lowest BCUT2D eigenvalue weighted by Crippen LogP contribution is -2.52. The lowest BCUT2D eigenvalue weighted by Gasteiger charge is -2.31. The van der Waals surface area contributed by atoms with E-state index in [1.54, 1.807) is 43.3 Å². The Balaban J connectivity index is 2.29. The van der Waals surface area contributed by atoms with Crippen molar-refractivity contribution in [3.8, 4) is 0 Å². The molecule has 0 fully saturated rings. The molecule has 2 rings (SSSR count). The van der Waals surface area contributed by atoms with Crippen LogP contribution in [0.15, 0.2) is 42.5 Å². The van der Waals surface area contributed by atoms with Gasteiger partial charge in [0, 0.05) is 17.6 Å². The molecular formula is C22H25Cl2FN2O2. The van der Waals surface area contributed by atoms with Crippen LogP contribution in [0.1, 0.15) is 38.8 Å². The van der Waals surface area contributed by atoms with Crippen LogP contribution in [0.5, 0.6) is 0 Å². The largest absolute Gasteiger partial charge is 0.350 e. The summed E-state index contributed by atoms with van der Waals surface area (Å²) in [4.78, 5) is 27.2. The third-order valence-electron chi connectivity index (χ3n) is 4.30. The lowest BCUT2D eigenvalue weighted by molar-refractivity contribution is -0.140. The van der Waals surface area contributed by atoms with Crippen molar-refractivity contribution in [1.29, 1.82) is 0 Å². The summed E-state index contributed by atoms with van der Waals surface area (Å²) >= 11 is 12.0. The van der Waals surface area contributed by atoms with Crippen molar-refractivity contribution in [2.45, 2.75) is 52.2 Å². The molecule has 4 nitrogen and oxygen atoms in total. The van der Waals surface area contributed by atoms with Gasteiger partial charge in [-0.2, -0.15) is 0 Å². The van der Waals surface area contributed by atoms with Crippen LogP contribution in [0.2, 0.25) is 10.0 Å². The molecule has 2 amide bonds. The van der Waals surface area contributed by atoms with Gasteiger partial charge in [-0.1, -0.05) is 47.5 Å². The second-order valence-corrected chi connectivity index (χ2v) is 8.77. The molecule has 0 aliphatic carbocycles. The smallest absolute Gasteiger partial charge is 0.242 e. The van der Waals surface area contributed by atoms with Crippen LogP contribution in [0.25, 0.3) is 0 Å². The third-order valence-corrected chi connectivity index (χ3v) is 5.04. The maximum atomic E-state index is 14.2. The fraction of sp³-hybridized carbons (Fsp3) is 0.364. The predicted molar refractivity (Wildman–Crippen MR) is 114 cm³/mol. The van der Waals surface area contributed by atoms with Gasteiger partial charge in [-0.05, 0) is 51.5 Å². The number of benzene rings is 2. The highest BCUT2D eigenvalue weighted by Crippen LogP contribution is 2.23. The zero-order valence-corrected chi connectivity index (χ0v) is 18.4. The molecule has 0 radical (unpaired) electrons. The van der Waals surface area contributed by atoms with Crippen molar-refractivity contribution in [3.63, 3.8) is 0 Å². The second-order valence-electron chi connectivity index (χ2n) is 7.95. The van der Waals surface area contributed by atoms with Gasteiger partial charge in [-0.25, -0.2) is 4.39 Å². The van der Waals surface area contributed by atoms with Gasteiger partial charge < -0.3 is 10.2 Å². The molecule has 0 bridgehead atoms. The molecule has 1 unspecified atom stereocenters. The Labute approximate surface area is 181 Å². The molecule has 1 atom stereocenters. The van der Waals surface area contributed by atoms with Gasteiger partial charge in [0.15, 0.2) is 0 Å². The van der Waals surface area contributed by atoms with Crippen molar-refractivity contribution >= 4 is 35.0 Å². The van der Waals surface area contributed by atoms with Gasteiger partial charge >= 0.3 is 0 Å². The average Bonchev–Trinajstić information content (AvgIpc) is 2.62. The van der Waals surface area contributed by atoms with Gasteiger partial charge in [0.2, 0.25) is 11.8 Å². The molecular weight excluding hydrogens is 414 g/mol. The van der Waals surface area contributed by atoms with E-state index in [4.69, 9.17) is 23.2 Å². The zero-order chi connectivity index (χ0) is 21.8.